The maximum absolute atomic E-state index is 5.28. The number of hydrazone groups is 1. The Morgan fingerprint density at radius 3 is 2.33 bits per heavy atom. The quantitative estimate of drug-likeness (QED) is 0.702. The summed E-state index contributed by atoms with van der Waals surface area (Å²) in [5, 5.41) is 5.63. The van der Waals surface area contributed by atoms with Crippen LogP contribution in [0.15, 0.2) is 29.4 Å². The summed E-state index contributed by atoms with van der Waals surface area (Å²) in [6, 6.07) is 8.30. The summed E-state index contributed by atoms with van der Waals surface area (Å²) in [7, 11) is 0. The first-order valence-electron chi connectivity index (χ1n) is 5.13. The molecular formula is C12H16N2O. The molecule has 0 unspecified atom stereocenters. The van der Waals surface area contributed by atoms with E-state index in [9.17, 15) is 0 Å². The van der Waals surface area contributed by atoms with Crippen molar-refractivity contribution in [2.45, 2.75) is 26.2 Å². The Morgan fingerprint density at radius 2 is 1.87 bits per heavy atom. The van der Waals surface area contributed by atoms with Crippen LogP contribution in [0.1, 0.15) is 26.3 Å². The monoisotopic (exact) mass is 204 g/mol. The van der Waals surface area contributed by atoms with Gasteiger partial charge in [0.1, 0.15) is 6.61 Å². The van der Waals surface area contributed by atoms with Gasteiger partial charge in [0.25, 0.3) is 0 Å². The number of rotatable bonds is 1. The van der Waals surface area contributed by atoms with Gasteiger partial charge in [-0.05, 0) is 23.1 Å². The molecule has 1 aliphatic heterocycles. The van der Waals surface area contributed by atoms with E-state index in [-0.39, 0.29) is 5.41 Å². The molecule has 1 heterocycles. The van der Waals surface area contributed by atoms with Gasteiger partial charge in [-0.15, -0.1) is 5.17 Å². The van der Waals surface area contributed by atoms with Crippen molar-refractivity contribution in [3.63, 3.8) is 0 Å². The molecule has 0 saturated carbocycles. The molecule has 1 aromatic carbocycles. The summed E-state index contributed by atoms with van der Waals surface area (Å²) in [6.45, 7) is 7.16. The highest BCUT2D eigenvalue weighted by molar-refractivity contribution is 5.63. The lowest BCUT2D eigenvalue weighted by Gasteiger charge is -2.20. The van der Waals surface area contributed by atoms with E-state index in [0.29, 0.717) is 6.61 Å². The highest BCUT2D eigenvalue weighted by Crippen LogP contribution is 2.25. The minimum Gasteiger partial charge on any atom is -0.246 e. The highest BCUT2D eigenvalue weighted by Gasteiger charge is 2.15. The third-order valence-electron chi connectivity index (χ3n) is 2.41. The second-order valence-electron chi connectivity index (χ2n) is 4.66. The van der Waals surface area contributed by atoms with Crippen LogP contribution in [0.4, 0.5) is 5.69 Å². The number of anilines is 1. The lowest BCUT2D eigenvalue weighted by Crippen LogP contribution is -2.13. The van der Waals surface area contributed by atoms with Crippen LogP contribution in [0.25, 0.3) is 0 Å². The first-order chi connectivity index (χ1) is 7.07. The van der Waals surface area contributed by atoms with E-state index in [1.807, 2.05) is 12.1 Å². The largest absolute Gasteiger partial charge is 0.246 e. The molecule has 0 N–H and O–H groups in total. The SMILES string of the molecule is CC(C)(C)c1ccc(N2N=CCO2)cc1. The third-order valence-corrected chi connectivity index (χ3v) is 2.41. The van der Waals surface area contributed by atoms with Crippen LogP contribution < -0.4 is 5.17 Å². The molecule has 2 rings (SSSR count). The van der Waals surface area contributed by atoms with Gasteiger partial charge in [0.15, 0.2) is 0 Å². The maximum atomic E-state index is 5.28. The molecular weight excluding hydrogens is 188 g/mol. The van der Waals surface area contributed by atoms with Crippen LogP contribution in [0.3, 0.4) is 0 Å². The lowest BCUT2D eigenvalue weighted by molar-refractivity contribution is 0.167. The summed E-state index contributed by atoms with van der Waals surface area (Å²) in [4.78, 5) is 5.28. The molecule has 1 aliphatic rings. The summed E-state index contributed by atoms with van der Waals surface area (Å²) in [6.07, 6.45) is 1.75. The van der Waals surface area contributed by atoms with Gasteiger partial charge >= 0.3 is 0 Å². The van der Waals surface area contributed by atoms with Crippen LogP contribution >= 0.6 is 0 Å². The summed E-state index contributed by atoms with van der Waals surface area (Å²) >= 11 is 0. The summed E-state index contributed by atoms with van der Waals surface area (Å²) < 4.78 is 0. The van der Waals surface area contributed by atoms with E-state index >= 15 is 0 Å². The Balaban J connectivity index is 2.20. The van der Waals surface area contributed by atoms with Crippen molar-refractivity contribution < 1.29 is 4.84 Å². The van der Waals surface area contributed by atoms with Gasteiger partial charge in [0, 0.05) is 0 Å². The van der Waals surface area contributed by atoms with Crippen molar-refractivity contribution in [2.24, 2.45) is 5.10 Å². The zero-order chi connectivity index (χ0) is 10.9. The van der Waals surface area contributed by atoms with E-state index in [2.05, 4.69) is 38.0 Å². The van der Waals surface area contributed by atoms with Gasteiger partial charge in [0.2, 0.25) is 0 Å². The molecule has 3 heteroatoms. The van der Waals surface area contributed by atoms with E-state index in [1.54, 1.807) is 11.4 Å². The second kappa shape index (κ2) is 3.66. The third kappa shape index (κ3) is 2.18. The fourth-order valence-electron chi connectivity index (χ4n) is 1.47. The molecule has 0 spiro atoms. The van der Waals surface area contributed by atoms with Crippen molar-refractivity contribution in [3.05, 3.63) is 29.8 Å². The Bertz CT molecular complexity index is 362. The Labute approximate surface area is 90.3 Å². The standard InChI is InChI=1S/C12H16N2O/c1-12(2,3)10-4-6-11(7-5-10)14-13-8-9-15-14/h4-8H,9H2,1-3H3. The maximum Gasteiger partial charge on any atom is 0.114 e. The topological polar surface area (TPSA) is 24.8 Å². The predicted molar refractivity (Wildman–Crippen MR) is 62.1 cm³/mol. The molecule has 0 amide bonds. The van der Waals surface area contributed by atoms with Crippen molar-refractivity contribution in [3.8, 4) is 0 Å². The van der Waals surface area contributed by atoms with Crippen molar-refractivity contribution in [2.75, 3.05) is 11.8 Å². The fraction of sp³-hybridized carbons (Fsp3) is 0.417. The fourth-order valence-corrected chi connectivity index (χ4v) is 1.47. The Hall–Kier alpha value is -1.35. The molecule has 3 nitrogen and oxygen atoms in total. The van der Waals surface area contributed by atoms with Gasteiger partial charge < -0.3 is 0 Å². The molecule has 0 atom stereocenters. The Morgan fingerprint density at radius 1 is 1.20 bits per heavy atom. The molecule has 0 fully saturated rings. The van der Waals surface area contributed by atoms with Crippen molar-refractivity contribution in [1.29, 1.82) is 0 Å². The molecule has 0 bridgehead atoms. The first-order valence-corrected chi connectivity index (χ1v) is 5.13. The Kier molecular flexibility index (Phi) is 2.49. The lowest BCUT2D eigenvalue weighted by atomic mass is 9.87. The number of nitrogens with zero attached hydrogens (tertiary/aromatic N) is 2. The van der Waals surface area contributed by atoms with Gasteiger partial charge in [-0.3, -0.25) is 0 Å². The normalized spacial score (nSPS) is 16.1. The minimum atomic E-state index is 0.188. The molecule has 0 radical (unpaired) electrons. The van der Waals surface area contributed by atoms with Crippen molar-refractivity contribution >= 4 is 11.9 Å². The van der Waals surface area contributed by atoms with Gasteiger partial charge in [-0.1, -0.05) is 32.9 Å². The summed E-state index contributed by atoms with van der Waals surface area (Å²) in [5.74, 6) is 0. The highest BCUT2D eigenvalue weighted by atomic mass is 16.7. The van der Waals surface area contributed by atoms with Crippen LogP contribution in [0.2, 0.25) is 0 Å². The van der Waals surface area contributed by atoms with Crippen LogP contribution in [-0.4, -0.2) is 12.8 Å². The average Bonchev–Trinajstić information content (AvgIpc) is 2.69. The van der Waals surface area contributed by atoms with Crippen molar-refractivity contribution in [1.82, 2.24) is 0 Å². The molecule has 80 valence electrons. The van der Waals surface area contributed by atoms with E-state index < -0.39 is 0 Å². The van der Waals surface area contributed by atoms with Gasteiger partial charge in [-0.25, -0.2) is 4.84 Å². The van der Waals surface area contributed by atoms with Gasteiger partial charge in [0.05, 0.1) is 11.9 Å². The zero-order valence-electron chi connectivity index (χ0n) is 9.40. The smallest absolute Gasteiger partial charge is 0.114 e. The number of hydrogen-bond acceptors (Lipinski definition) is 3. The number of benzene rings is 1. The molecule has 0 saturated heterocycles. The molecule has 1 aromatic rings. The van der Waals surface area contributed by atoms with E-state index in [1.165, 1.54) is 5.56 Å². The molecule has 0 aliphatic carbocycles. The molecule has 15 heavy (non-hydrogen) atoms. The van der Waals surface area contributed by atoms with Crippen LogP contribution in [0.5, 0.6) is 0 Å². The van der Waals surface area contributed by atoms with Crippen LogP contribution in [0, 0.1) is 0 Å². The average molecular weight is 204 g/mol. The van der Waals surface area contributed by atoms with E-state index in [4.69, 9.17) is 4.84 Å². The van der Waals surface area contributed by atoms with Gasteiger partial charge in [-0.2, -0.15) is 5.10 Å². The van der Waals surface area contributed by atoms with Crippen LogP contribution in [-0.2, 0) is 10.3 Å². The molecule has 0 aromatic heterocycles. The summed E-state index contributed by atoms with van der Waals surface area (Å²) in [5.41, 5.74) is 2.47. The predicted octanol–water partition coefficient (Wildman–Crippen LogP) is 2.72. The first kappa shape index (κ1) is 10.2. The zero-order valence-corrected chi connectivity index (χ0v) is 9.40. The second-order valence-corrected chi connectivity index (χ2v) is 4.66. The number of hydrogen-bond donors (Lipinski definition) is 0. The van der Waals surface area contributed by atoms with E-state index in [0.717, 1.165) is 5.69 Å². The minimum absolute atomic E-state index is 0.188.